The molecule has 0 saturated heterocycles. The Hall–Kier alpha value is -1.10. The van der Waals surface area contributed by atoms with Gasteiger partial charge in [0.15, 0.2) is 0 Å². The molecular formula is C16H27ClN2O2. The van der Waals surface area contributed by atoms with Crippen LogP contribution in [0.1, 0.15) is 43.2 Å². The average molecular weight is 315 g/mol. The fourth-order valence-electron chi connectivity index (χ4n) is 2.09. The summed E-state index contributed by atoms with van der Waals surface area (Å²) < 4.78 is 5.15. The Morgan fingerprint density at radius 2 is 1.81 bits per heavy atom. The number of ether oxygens (including phenoxy) is 1. The van der Waals surface area contributed by atoms with Gasteiger partial charge in [0.2, 0.25) is 5.91 Å². The molecular weight excluding hydrogens is 288 g/mol. The molecule has 1 aromatic carbocycles. The first-order valence-electron chi connectivity index (χ1n) is 7.30. The first kappa shape index (κ1) is 19.9. The molecule has 120 valence electrons. The lowest BCUT2D eigenvalue weighted by Crippen LogP contribution is -2.23. The minimum atomic E-state index is 0. The Kier molecular flexibility index (Phi) is 12.0. The first-order chi connectivity index (χ1) is 9.77. The maximum absolute atomic E-state index is 11.8. The lowest BCUT2D eigenvalue weighted by molar-refractivity contribution is -0.121. The van der Waals surface area contributed by atoms with Crippen molar-refractivity contribution < 1.29 is 9.53 Å². The summed E-state index contributed by atoms with van der Waals surface area (Å²) >= 11 is 0. The second kappa shape index (κ2) is 12.6. The van der Waals surface area contributed by atoms with Crippen molar-refractivity contribution in [2.24, 2.45) is 5.73 Å². The average Bonchev–Trinajstić information content (AvgIpc) is 2.46. The molecule has 4 nitrogen and oxygen atoms in total. The van der Waals surface area contributed by atoms with Crippen LogP contribution in [0.3, 0.4) is 0 Å². The number of nitrogens with one attached hydrogen (secondary N) is 1. The van der Waals surface area contributed by atoms with Crippen molar-refractivity contribution in [3.05, 3.63) is 35.4 Å². The lowest BCUT2D eigenvalue weighted by atomic mass is 10.1. The number of unbranched alkanes of at least 4 members (excludes halogenated alkanes) is 3. The topological polar surface area (TPSA) is 64.3 Å². The van der Waals surface area contributed by atoms with Gasteiger partial charge >= 0.3 is 0 Å². The van der Waals surface area contributed by atoms with E-state index in [9.17, 15) is 4.79 Å². The van der Waals surface area contributed by atoms with Crippen LogP contribution in [0.4, 0.5) is 0 Å². The summed E-state index contributed by atoms with van der Waals surface area (Å²) in [5.41, 5.74) is 7.67. The number of methoxy groups -OCH3 is 1. The summed E-state index contributed by atoms with van der Waals surface area (Å²) in [4.78, 5) is 11.8. The summed E-state index contributed by atoms with van der Waals surface area (Å²) in [6.07, 6.45) is 4.76. The van der Waals surface area contributed by atoms with Gasteiger partial charge in [-0.1, -0.05) is 37.1 Å². The smallest absolute Gasteiger partial charge is 0.220 e. The van der Waals surface area contributed by atoms with Crippen molar-refractivity contribution in [1.29, 1.82) is 0 Å². The standard InChI is InChI=1S/C16H26N2O2.ClH/c1-20-13-15-9-6-5-8-14(15)12-18-16(19)10-4-2-3-7-11-17;/h5-6,8-9H,2-4,7,10-13,17H2,1H3,(H,18,19);1H. The van der Waals surface area contributed by atoms with E-state index in [1.54, 1.807) is 7.11 Å². The highest BCUT2D eigenvalue weighted by Crippen LogP contribution is 2.10. The van der Waals surface area contributed by atoms with Gasteiger partial charge in [-0.25, -0.2) is 0 Å². The van der Waals surface area contributed by atoms with Crippen LogP contribution in [-0.2, 0) is 22.7 Å². The van der Waals surface area contributed by atoms with E-state index in [1.807, 2.05) is 24.3 Å². The van der Waals surface area contributed by atoms with Crippen molar-refractivity contribution in [2.75, 3.05) is 13.7 Å². The highest BCUT2D eigenvalue weighted by Gasteiger charge is 2.04. The number of rotatable bonds is 10. The second-order valence-electron chi connectivity index (χ2n) is 4.93. The Morgan fingerprint density at radius 3 is 2.48 bits per heavy atom. The van der Waals surface area contributed by atoms with Crippen molar-refractivity contribution >= 4 is 18.3 Å². The molecule has 0 aromatic heterocycles. The van der Waals surface area contributed by atoms with Gasteiger partial charge < -0.3 is 15.8 Å². The zero-order valence-electron chi connectivity index (χ0n) is 12.8. The van der Waals surface area contributed by atoms with Crippen molar-refractivity contribution in [2.45, 2.75) is 45.3 Å². The second-order valence-corrected chi connectivity index (χ2v) is 4.93. The third kappa shape index (κ3) is 8.71. The van der Waals surface area contributed by atoms with E-state index < -0.39 is 0 Å². The Morgan fingerprint density at radius 1 is 1.14 bits per heavy atom. The molecule has 1 aromatic rings. The number of carbonyl (C=O) groups is 1. The normalized spacial score (nSPS) is 10.0. The Labute approximate surface area is 133 Å². The summed E-state index contributed by atoms with van der Waals surface area (Å²) in [6, 6.07) is 8.01. The molecule has 0 radical (unpaired) electrons. The van der Waals surface area contributed by atoms with Gasteiger partial charge in [0.25, 0.3) is 0 Å². The van der Waals surface area contributed by atoms with E-state index in [0.717, 1.165) is 43.4 Å². The van der Waals surface area contributed by atoms with Crippen molar-refractivity contribution in [1.82, 2.24) is 5.32 Å². The molecule has 0 fully saturated rings. The molecule has 0 aliphatic rings. The SMILES string of the molecule is COCc1ccccc1CNC(=O)CCCCCCN.Cl. The van der Waals surface area contributed by atoms with E-state index in [1.165, 1.54) is 0 Å². The molecule has 0 unspecified atom stereocenters. The fraction of sp³-hybridized carbons (Fsp3) is 0.562. The van der Waals surface area contributed by atoms with E-state index in [0.29, 0.717) is 19.6 Å². The van der Waals surface area contributed by atoms with Gasteiger partial charge in [0.1, 0.15) is 0 Å². The van der Waals surface area contributed by atoms with Crippen LogP contribution < -0.4 is 11.1 Å². The number of hydrogen-bond acceptors (Lipinski definition) is 3. The highest BCUT2D eigenvalue weighted by atomic mass is 35.5. The quantitative estimate of drug-likeness (QED) is 0.653. The molecule has 0 saturated carbocycles. The first-order valence-corrected chi connectivity index (χ1v) is 7.30. The maximum atomic E-state index is 11.8. The third-order valence-electron chi connectivity index (χ3n) is 3.25. The number of amides is 1. The number of hydrogen-bond donors (Lipinski definition) is 2. The van der Waals surface area contributed by atoms with E-state index >= 15 is 0 Å². The number of nitrogens with two attached hydrogens (primary N) is 1. The predicted molar refractivity (Wildman–Crippen MR) is 88.4 cm³/mol. The van der Waals surface area contributed by atoms with Crippen LogP contribution in [0.25, 0.3) is 0 Å². The van der Waals surface area contributed by atoms with Crippen LogP contribution >= 0.6 is 12.4 Å². The van der Waals surface area contributed by atoms with E-state index in [2.05, 4.69) is 5.32 Å². The summed E-state index contributed by atoms with van der Waals surface area (Å²) in [6.45, 7) is 1.88. The van der Waals surface area contributed by atoms with Crippen LogP contribution in [-0.4, -0.2) is 19.6 Å². The maximum Gasteiger partial charge on any atom is 0.220 e. The zero-order chi connectivity index (χ0) is 14.6. The number of carbonyl (C=O) groups excluding carboxylic acids is 1. The zero-order valence-corrected chi connectivity index (χ0v) is 13.6. The Balaban J connectivity index is 0.00000400. The van der Waals surface area contributed by atoms with Gasteiger partial charge in [-0.3, -0.25) is 4.79 Å². The highest BCUT2D eigenvalue weighted by molar-refractivity contribution is 5.85. The molecule has 0 aliphatic carbocycles. The number of benzene rings is 1. The molecule has 0 bridgehead atoms. The van der Waals surface area contributed by atoms with Crippen LogP contribution in [0.5, 0.6) is 0 Å². The minimum absolute atomic E-state index is 0. The lowest BCUT2D eigenvalue weighted by Gasteiger charge is -2.10. The molecule has 21 heavy (non-hydrogen) atoms. The summed E-state index contributed by atoms with van der Waals surface area (Å²) in [5, 5.41) is 2.97. The molecule has 0 heterocycles. The molecule has 0 atom stereocenters. The number of halogens is 1. The van der Waals surface area contributed by atoms with Crippen LogP contribution in [0.2, 0.25) is 0 Å². The predicted octanol–water partition coefficient (Wildman–Crippen LogP) is 2.78. The van der Waals surface area contributed by atoms with Gasteiger partial charge in [0, 0.05) is 20.1 Å². The third-order valence-corrected chi connectivity index (χ3v) is 3.25. The summed E-state index contributed by atoms with van der Waals surface area (Å²) in [7, 11) is 1.68. The van der Waals surface area contributed by atoms with Crippen LogP contribution in [0.15, 0.2) is 24.3 Å². The van der Waals surface area contributed by atoms with E-state index in [-0.39, 0.29) is 18.3 Å². The molecule has 0 aliphatic heterocycles. The molecule has 0 spiro atoms. The van der Waals surface area contributed by atoms with Gasteiger partial charge in [-0.15, -0.1) is 12.4 Å². The van der Waals surface area contributed by atoms with E-state index in [4.69, 9.17) is 10.5 Å². The summed E-state index contributed by atoms with van der Waals surface area (Å²) in [5.74, 6) is 0.116. The fourth-order valence-corrected chi connectivity index (χ4v) is 2.09. The van der Waals surface area contributed by atoms with Crippen LogP contribution in [0, 0.1) is 0 Å². The minimum Gasteiger partial charge on any atom is -0.380 e. The largest absolute Gasteiger partial charge is 0.380 e. The monoisotopic (exact) mass is 314 g/mol. The van der Waals surface area contributed by atoms with Gasteiger partial charge in [-0.05, 0) is 30.5 Å². The van der Waals surface area contributed by atoms with Crippen molar-refractivity contribution in [3.63, 3.8) is 0 Å². The molecule has 5 heteroatoms. The van der Waals surface area contributed by atoms with Gasteiger partial charge in [-0.2, -0.15) is 0 Å². The molecule has 1 rings (SSSR count). The van der Waals surface area contributed by atoms with Gasteiger partial charge in [0.05, 0.1) is 6.61 Å². The van der Waals surface area contributed by atoms with Crippen molar-refractivity contribution in [3.8, 4) is 0 Å². The molecule has 1 amide bonds. The molecule has 3 N–H and O–H groups in total. The Bertz CT molecular complexity index is 400.